The van der Waals surface area contributed by atoms with E-state index in [4.69, 9.17) is 18.9 Å². The van der Waals surface area contributed by atoms with Gasteiger partial charge in [0.25, 0.3) is 0 Å². The summed E-state index contributed by atoms with van der Waals surface area (Å²) in [7, 11) is 4.64. The first-order chi connectivity index (χ1) is 13.5. The molecule has 2 aromatic rings. The van der Waals surface area contributed by atoms with E-state index in [1.807, 2.05) is 38.1 Å². The van der Waals surface area contributed by atoms with Crippen molar-refractivity contribution in [2.24, 2.45) is 0 Å². The highest BCUT2D eigenvalue weighted by molar-refractivity contribution is 5.92. The van der Waals surface area contributed by atoms with Crippen molar-refractivity contribution in [3.63, 3.8) is 0 Å². The van der Waals surface area contributed by atoms with Gasteiger partial charge in [-0.15, -0.1) is 0 Å². The summed E-state index contributed by atoms with van der Waals surface area (Å²) in [4.78, 5) is 12.3. The lowest BCUT2D eigenvalue weighted by Crippen LogP contribution is -2.24. The van der Waals surface area contributed by atoms with E-state index < -0.39 is 0 Å². The van der Waals surface area contributed by atoms with Crippen LogP contribution in [0.15, 0.2) is 42.5 Å². The predicted molar refractivity (Wildman–Crippen MR) is 109 cm³/mol. The van der Waals surface area contributed by atoms with Crippen molar-refractivity contribution in [1.29, 1.82) is 0 Å². The van der Waals surface area contributed by atoms with Crippen LogP contribution in [0.2, 0.25) is 0 Å². The highest BCUT2D eigenvalue weighted by Crippen LogP contribution is 2.40. The monoisotopic (exact) mass is 385 g/mol. The third-order valence-corrected chi connectivity index (χ3v) is 4.20. The van der Waals surface area contributed by atoms with Gasteiger partial charge in [-0.25, -0.2) is 0 Å². The molecule has 0 unspecified atom stereocenters. The molecule has 0 aromatic heterocycles. The first-order valence-electron chi connectivity index (χ1n) is 9.04. The van der Waals surface area contributed by atoms with Gasteiger partial charge in [-0.3, -0.25) is 4.79 Å². The van der Waals surface area contributed by atoms with E-state index in [1.54, 1.807) is 39.5 Å². The van der Waals surface area contributed by atoms with Gasteiger partial charge < -0.3 is 24.3 Å². The lowest BCUT2D eigenvalue weighted by atomic mass is 10.1. The molecule has 28 heavy (non-hydrogen) atoms. The van der Waals surface area contributed by atoms with Gasteiger partial charge in [-0.1, -0.05) is 12.1 Å². The van der Waals surface area contributed by atoms with Crippen molar-refractivity contribution < 1.29 is 23.7 Å². The maximum Gasteiger partial charge on any atom is 0.244 e. The Hall–Kier alpha value is -3.15. The Morgan fingerprint density at radius 3 is 2.25 bits per heavy atom. The van der Waals surface area contributed by atoms with E-state index >= 15 is 0 Å². The molecule has 1 amide bonds. The summed E-state index contributed by atoms with van der Waals surface area (Å²) in [5.74, 6) is 2.15. The Bertz CT molecular complexity index is 814. The maximum absolute atomic E-state index is 12.3. The summed E-state index contributed by atoms with van der Waals surface area (Å²) in [5, 5.41) is 2.94. The molecule has 6 nitrogen and oxygen atoms in total. The van der Waals surface area contributed by atoms with Crippen LogP contribution in [0.3, 0.4) is 0 Å². The van der Waals surface area contributed by atoms with E-state index in [2.05, 4.69) is 5.32 Å². The Balaban J connectivity index is 2.09. The lowest BCUT2D eigenvalue weighted by molar-refractivity contribution is -0.117. The fraction of sp³-hybridized carbons (Fsp3) is 0.318. The van der Waals surface area contributed by atoms with Gasteiger partial charge in [0.1, 0.15) is 5.75 Å². The molecule has 2 aromatic carbocycles. The number of hydrogen-bond donors (Lipinski definition) is 1. The summed E-state index contributed by atoms with van der Waals surface area (Å²) in [5.41, 5.74) is 1.71. The maximum atomic E-state index is 12.3. The van der Waals surface area contributed by atoms with Crippen molar-refractivity contribution in [3.05, 3.63) is 53.6 Å². The molecule has 0 bridgehead atoms. The van der Waals surface area contributed by atoms with Crippen LogP contribution in [0.25, 0.3) is 6.08 Å². The molecule has 0 aliphatic rings. The van der Waals surface area contributed by atoms with Crippen LogP contribution < -0.4 is 24.3 Å². The van der Waals surface area contributed by atoms with E-state index in [0.29, 0.717) is 29.4 Å². The average Bonchev–Trinajstić information content (AvgIpc) is 2.71. The first-order valence-corrected chi connectivity index (χ1v) is 9.04. The molecule has 6 heteroatoms. The van der Waals surface area contributed by atoms with Crippen molar-refractivity contribution in [2.45, 2.75) is 19.9 Å². The van der Waals surface area contributed by atoms with Crippen molar-refractivity contribution in [1.82, 2.24) is 5.32 Å². The fourth-order valence-electron chi connectivity index (χ4n) is 2.79. The van der Waals surface area contributed by atoms with Crippen molar-refractivity contribution >= 4 is 12.0 Å². The highest BCUT2D eigenvalue weighted by Gasteiger charge is 2.14. The first kappa shape index (κ1) is 21.2. The number of rotatable bonds is 9. The van der Waals surface area contributed by atoms with Gasteiger partial charge in [-0.2, -0.15) is 0 Å². The number of carbonyl (C=O) groups excluding carboxylic acids is 1. The zero-order valence-corrected chi connectivity index (χ0v) is 16.9. The molecule has 150 valence electrons. The molecule has 1 atom stereocenters. The van der Waals surface area contributed by atoms with Gasteiger partial charge >= 0.3 is 0 Å². The second-order valence-corrected chi connectivity index (χ2v) is 5.99. The zero-order chi connectivity index (χ0) is 20.5. The lowest BCUT2D eigenvalue weighted by Gasteiger charge is -2.15. The SMILES string of the molecule is CCOc1ccc([C@@H](C)NC(=O)/C=C/c2ccc(OC)c(OC)c2OC)cc1. The third kappa shape index (κ3) is 5.19. The molecule has 0 fully saturated rings. The molecule has 0 saturated heterocycles. The van der Waals surface area contributed by atoms with Gasteiger partial charge in [-0.05, 0) is 49.8 Å². The minimum atomic E-state index is -0.210. The number of benzene rings is 2. The fourth-order valence-corrected chi connectivity index (χ4v) is 2.79. The van der Waals surface area contributed by atoms with Crippen LogP contribution in [-0.2, 0) is 4.79 Å². The number of nitrogens with one attached hydrogen (secondary N) is 1. The number of methoxy groups -OCH3 is 3. The minimum Gasteiger partial charge on any atom is -0.494 e. The Morgan fingerprint density at radius 1 is 1.00 bits per heavy atom. The average molecular weight is 385 g/mol. The van der Waals surface area contributed by atoms with Gasteiger partial charge in [0, 0.05) is 11.6 Å². The van der Waals surface area contributed by atoms with Crippen LogP contribution in [0.1, 0.15) is 31.0 Å². The summed E-state index contributed by atoms with van der Waals surface area (Å²) < 4.78 is 21.5. The van der Waals surface area contributed by atoms with E-state index in [1.165, 1.54) is 6.08 Å². The second-order valence-electron chi connectivity index (χ2n) is 5.99. The van der Waals surface area contributed by atoms with Crippen LogP contribution in [-0.4, -0.2) is 33.8 Å². The molecule has 0 aliphatic heterocycles. The number of carbonyl (C=O) groups is 1. The zero-order valence-electron chi connectivity index (χ0n) is 16.9. The standard InChI is InChI=1S/C22H27NO5/c1-6-28-18-11-7-16(8-12-18)15(2)23-20(24)14-10-17-9-13-19(25-3)22(27-5)21(17)26-4/h7-15H,6H2,1-5H3,(H,23,24)/b14-10+/t15-/m1/s1. The summed E-state index contributed by atoms with van der Waals surface area (Å²) >= 11 is 0. The van der Waals surface area contributed by atoms with Gasteiger partial charge in [0.15, 0.2) is 11.5 Å². The quantitative estimate of drug-likeness (QED) is 0.661. The van der Waals surface area contributed by atoms with E-state index in [0.717, 1.165) is 11.3 Å². The minimum absolute atomic E-state index is 0.139. The summed E-state index contributed by atoms with van der Waals surface area (Å²) in [6, 6.07) is 11.1. The molecule has 0 spiro atoms. The van der Waals surface area contributed by atoms with Crippen LogP contribution in [0, 0.1) is 0 Å². The molecule has 0 saturated carbocycles. The Kier molecular flexibility index (Phi) is 7.75. The molecule has 0 radical (unpaired) electrons. The Morgan fingerprint density at radius 2 is 1.68 bits per heavy atom. The van der Waals surface area contributed by atoms with Gasteiger partial charge in [0.05, 0.1) is 34.0 Å². The van der Waals surface area contributed by atoms with Crippen LogP contribution >= 0.6 is 0 Å². The van der Waals surface area contributed by atoms with Crippen LogP contribution in [0.5, 0.6) is 23.0 Å². The molecule has 1 N–H and O–H groups in total. The molecule has 0 heterocycles. The van der Waals surface area contributed by atoms with Crippen molar-refractivity contribution in [3.8, 4) is 23.0 Å². The van der Waals surface area contributed by atoms with E-state index in [-0.39, 0.29) is 11.9 Å². The molecular formula is C22H27NO5. The smallest absolute Gasteiger partial charge is 0.244 e. The normalized spacial score (nSPS) is 11.8. The largest absolute Gasteiger partial charge is 0.494 e. The number of amides is 1. The second kappa shape index (κ2) is 10.3. The summed E-state index contributed by atoms with van der Waals surface area (Å²) in [6.45, 7) is 4.49. The summed E-state index contributed by atoms with van der Waals surface area (Å²) in [6.07, 6.45) is 3.15. The molecule has 2 rings (SSSR count). The van der Waals surface area contributed by atoms with Crippen molar-refractivity contribution in [2.75, 3.05) is 27.9 Å². The van der Waals surface area contributed by atoms with Gasteiger partial charge in [0.2, 0.25) is 11.7 Å². The molecular weight excluding hydrogens is 358 g/mol. The topological polar surface area (TPSA) is 66.0 Å². The molecule has 0 aliphatic carbocycles. The third-order valence-electron chi connectivity index (χ3n) is 4.20. The van der Waals surface area contributed by atoms with E-state index in [9.17, 15) is 4.79 Å². The Labute approximate surface area is 166 Å². The number of hydrogen-bond acceptors (Lipinski definition) is 5. The number of ether oxygens (including phenoxy) is 4. The predicted octanol–water partition coefficient (Wildman–Crippen LogP) is 4.00. The van der Waals surface area contributed by atoms with Crippen LogP contribution in [0.4, 0.5) is 0 Å². The highest BCUT2D eigenvalue weighted by atomic mass is 16.5.